The number of hydrogen-bond donors (Lipinski definition) is 0. The minimum Gasteiger partial charge on any atom is -0.497 e. The molecular formula is C14H13NO2S. The summed E-state index contributed by atoms with van der Waals surface area (Å²) < 4.78 is 11.9. The maximum Gasteiger partial charge on any atom is 0.128 e. The molecule has 2 aromatic carbocycles. The molecule has 0 radical (unpaired) electrons. The Hall–Kier alpha value is -1.81. The number of methoxy groups -OCH3 is 2. The Bertz CT molecular complexity index is 733. The van der Waals surface area contributed by atoms with Crippen molar-refractivity contribution in [1.82, 2.24) is 4.98 Å². The van der Waals surface area contributed by atoms with Gasteiger partial charge in [0.25, 0.3) is 0 Å². The monoisotopic (exact) mass is 259 g/mol. The van der Waals surface area contributed by atoms with Gasteiger partial charge in [-0.3, -0.25) is 0 Å². The Labute approximate surface area is 109 Å². The molecule has 0 amide bonds. The third-order valence-electron chi connectivity index (χ3n) is 2.99. The number of aryl methyl sites for hydroxylation is 1. The van der Waals surface area contributed by atoms with Crippen LogP contribution in [0.2, 0.25) is 0 Å². The highest BCUT2D eigenvalue weighted by atomic mass is 32.1. The zero-order valence-electron chi connectivity index (χ0n) is 10.5. The summed E-state index contributed by atoms with van der Waals surface area (Å²) in [5.74, 6) is 1.69. The first-order chi connectivity index (χ1) is 8.72. The number of ether oxygens (including phenoxy) is 2. The van der Waals surface area contributed by atoms with Gasteiger partial charge in [-0.05, 0) is 25.1 Å². The molecule has 0 atom stereocenters. The number of rotatable bonds is 2. The molecule has 18 heavy (non-hydrogen) atoms. The predicted molar refractivity (Wildman–Crippen MR) is 75.0 cm³/mol. The highest BCUT2D eigenvalue weighted by Crippen LogP contribution is 2.37. The van der Waals surface area contributed by atoms with Gasteiger partial charge in [0.15, 0.2) is 0 Å². The van der Waals surface area contributed by atoms with Crippen molar-refractivity contribution in [2.24, 2.45) is 0 Å². The Morgan fingerprint density at radius 1 is 1.06 bits per heavy atom. The second-order valence-electron chi connectivity index (χ2n) is 4.07. The molecular weight excluding hydrogens is 246 g/mol. The van der Waals surface area contributed by atoms with Crippen LogP contribution in [0, 0.1) is 6.92 Å². The third kappa shape index (κ3) is 1.61. The zero-order valence-corrected chi connectivity index (χ0v) is 11.3. The van der Waals surface area contributed by atoms with Crippen LogP contribution in [0.5, 0.6) is 11.5 Å². The second-order valence-corrected chi connectivity index (χ2v) is 5.30. The van der Waals surface area contributed by atoms with Crippen molar-refractivity contribution in [3.63, 3.8) is 0 Å². The molecule has 0 bridgehead atoms. The van der Waals surface area contributed by atoms with E-state index in [1.54, 1.807) is 25.6 Å². The average Bonchev–Trinajstić information content (AvgIpc) is 2.77. The Kier molecular flexibility index (Phi) is 2.59. The second kappa shape index (κ2) is 4.14. The van der Waals surface area contributed by atoms with Crippen molar-refractivity contribution in [1.29, 1.82) is 0 Å². The molecule has 0 fully saturated rings. The molecule has 0 spiro atoms. The largest absolute Gasteiger partial charge is 0.497 e. The van der Waals surface area contributed by atoms with Gasteiger partial charge in [0, 0.05) is 16.8 Å². The Morgan fingerprint density at radius 3 is 2.61 bits per heavy atom. The van der Waals surface area contributed by atoms with Crippen LogP contribution >= 0.6 is 11.3 Å². The molecule has 3 rings (SSSR count). The van der Waals surface area contributed by atoms with Gasteiger partial charge in [-0.2, -0.15) is 0 Å². The molecule has 0 unspecified atom stereocenters. The lowest BCUT2D eigenvalue weighted by Crippen LogP contribution is -1.88. The minimum absolute atomic E-state index is 0.826. The van der Waals surface area contributed by atoms with Gasteiger partial charge < -0.3 is 9.47 Å². The van der Waals surface area contributed by atoms with E-state index in [0.717, 1.165) is 37.5 Å². The average molecular weight is 259 g/mol. The number of hydrogen-bond acceptors (Lipinski definition) is 4. The van der Waals surface area contributed by atoms with Gasteiger partial charge in [0.2, 0.25) is 0 Å². The number of fused-ring (bicyclic) bond motifs is 3. The van der Waals surface area contributed by atoms with Crippen LogP contribution in [0.3, 0.4) is 0 Å². The van der Waals surface area contributed by atoms with E-state index in [-0.39, 0.29) is 0 Å². The topological polar surface area (TPSA) is 31.4 Å². The summed E-state index contributed by atoms with van der Waals surface area (Å²) in [6.07, 6.45) is 0. The van der Waals surface area contributed by atoms with E-state index in [2.05, 4.69) is 4.98 Å². The lowest BCUT2D eigenvalue weighted by atomic mass is 10.1. The fraction of sp³-hybridized carbons (Fsp3) is 0.214. The van der Waals surface area contributed by atoms with Crippen molar-refractivity contribution >= 4 is 32.3 Å². The number of benzene rings is 2. The smallest absolute Gasteiger partial charge is 0.128 e. The predicted octanol–water partition coefficient (Wildman–Crippen LogP) is 3.78. The highest BCUT2D eigenvalue weighted by molar-refractivity contribution is 7.18. The maximum absolute atomic E-state index is 5.47. The molecule has 1 aromatic heterocycles. The molecule has 3 aromatic rings. The number of aromatic nitrogens is 1. The van der Waals surface area contributed by atoms with Gasteiger partial charge in [0.05, 0.1) is 29.4 Å². The van der Waals surface area contributed by atoms with Crippen LogP contribution < -0.4 is 9.47 Å². The molecule has 0 aliphatic heterocycles. The lowest BCUT2D eigenvalue weighted by molar-refractivity contribution is 0.412. The maximum atomic E-state index is 5.47. The van der Waals surface area contributed by atoms with Crippen molar-refractivity contribution < 1.29 is 9.47 Å². The van der Waals surface area contributed by atoms with E-state index in [4.69, 9.17) is 9.47 Å². The summed E-state index contributed by atoms with van der Waals surface area (Å²) in [5, 5.41) is 3.21. The zero-order chi connectivity index (χ0) is 12.7. The fourth-order valence-electron chi connectivity index (χ4n) is 2.16. The summed E-state index contributed by atoms with van der Waals surface area (Å²) in [7, 11) is 3.35. The van der Waals surface area contributed by atoms with E-state index < -0.39 is 0 Å². The SMILES string of the molecule is COc1ccc2c(c1)c(OC)cc1sc(C)nc12. The van der Waals surface area contributed by atoms with Crippen LogP contribution in [0.25, 0.3) is 21.0 Å². The van der Waals surface area contributed by atoms with Gasteiger partial charge in [-0.1, -0.05) is 0 Å². The van der Waals surface area contributed by atoms with Crippen molar-refractivity contribution in [3.05, 3.63) is 29.3 Å². The van der Waals surface area contributed by atoms with Gasteiger partial charge in [-0.15, -0.1) is 11.3 Å². The molecule has 0 saturated heterocycles. The van der Waals surface area contributed by atoms with Gasteiger partial charge >= 0.3 is 0 Å². The first-order valence-electron chi connectivity index (χ1n) is 5.65. The summed E-state index contributed by atoms with van der Waals surface area (Å²) in [6, 6.07) is 8.03. The molecule has 0 saturated carbocycles. The lowest BCUT2D eigenvalue weighted by Gasteiger charge is -2.08. The first-order valence-corrected chi connectivity index (χ1v) is 6.46. The molecule has 3 nitrogen and oxygen atoms in total. The molecule has 0 aliphatic carbocycles. The highest BCUT2D eigenvalue weighted by Gasteiger charge is 2.11. The van der Waals surface area contributed by atoms with Crippen molar-refractivity contribution in [3.8, 4) is 11.5 Å². The number of nitrogens with zero attached hydrogens (tertiary/aromatic N) is 1. The van der Waals surface area contributed by atoms with Crippen LogP contribution in [0.1, 0.15) is 5.01 Å². The van der Waals surface area contributed by atoms with E-state index in [9.17, 15) is 0 Å². The molecule has 4 heteroatoms. The normalized spacial score (nSPS) is 11.1. The first kappa shape index (κ1) is 11.3. The van der Waals surface area contributed by atoms with Crippen LogP contribution in [-0.2, 0) is 0 Å². The van der Waals surface area contributed by atoms with Gasteiger partial charge in [-0.25, -0.2) is 4.98 Å². The summed E-state index contributed by atoms with van der Waals surface area (Å²) >= 11 is 1.68. The summed E-state index contributed by atoms with van der Waals surface area (Å²) in [6.45, 7) is 2.02. The standard InChI is InChI=1S/C14H13NO2S/c1-8-15-14-10-5-4-9(16-2)6-11(10)12(17-3)7-13(14)18-8/h4-7H,1-3H3. The van der Waals surface area contributed by atoms with E-state index in [1.165, 1.54) is 0 Å². The van der Waals surface area contributed by atoms with Crippen LogP contribution in [0.4, 0.5) is 0 Å². The molecule has 0 aliphatic rings. The molecule has 1 heterocycles. The van der Waals surface area contributed by atoms with Crippen LogP contribution in [-0.4, -0.2) is 19.2 Å². The summed E-state index contributed by atoms with van der Waals surface area (Å²) in [4.78, 5) is 4.59. The quantitative estimate of drug-likeness (QED) is 0.702. The number of thiazole rings is 1. The Morgan fingerprint density at radius 2 is 1.89 bits per heavy atom. The van der Waals surface area contributed by atoms with Crippen molar-refractivity contribution in [2.75, 3.05) is 14.2 Å². The fourth-order valence-corrected chi connectivity index (χ4v) is 3.03. The summed E-state index contributed by atoms with van der Waals surface area (Å²) in [5.41, 5.74) is 1.04. The van der Waals surface area contributed by atoms with E-state index in [1.807, 2.05) is 31.2 Å². The van der Waals surface area contributed by atoms with E-state index >= 15 is 0 Å². The third-order valence-corrected chi connectivity index (χ3v) is 3.91. The molecule has 92 valence electrons. The van der Waals surface area contributed by atoms with Crippen molar-refractivity contribution in [2.45, 2.75) is 6.92 Å². The minimum atomic E-state index is 0.826. The molecule has 0 N–H and O–H groups in total. The van der Waals surface area contributed by atoms with Crippen LogP contribution in [0.15, 0.2) is 24.3 Å². The van der Waals surface area contributed by atoms with Gasteiger partial charge in [0.1, 0.15) is 11.5 Å². The Balaban J connectivity index is 2.46. The van der Waals surface area contributed by atoms with E-state index in [0.29, 0.717) is 0 Å².